The standard InChI is InChI=1S/C18H27N5O/c1-5-23-17-7-6-14(12-16(17)19-20-23)18(24)21(4)15-8-10-22(11-9-15)13(2)3/h6-7,12-13,15H,5,8-11H2,1-4H3. The van der Waals surface area contributed by atoms with Crippen LogP contribution in [0, 0.1) is 0 Å². The number of aryl methyl sites for hydroxylation is 1. The van der Waals surface area contributed by atoms with Crippen LogP contribution < -0.4 is 0 Å². The summed E-state index contributed by atoms with van der Waals surface area (Å²) in [5.41, 5.74) is 2.45. The van der Waals surface area contributed by atoms with E-state index in [2.05, 4.69) is 29.1 Å². The largest absolute Gasteiger partial charge is 0.339 e. The minimum absolute atomic E-state index is 0.0749. The SMILES string of the molecule is CCn1nnc2cc(C(=O)N(C)C3CCN(C(C)C)CC3)ccc21. The van der Waals surface area contributed by atoms with Crippen LogP contribution >= 0.6 is 0 Å². The van der Waals surface area contributed by atoms with Gasteiger partial charge >= 0.3 is 0 Å². The first-order chi connectivity index (χ1) is 11.5. The number of hydrogen-bond donors (Lipinski definition) is 0. The van der Waals surface area contributed by atoms with Gasteiger partial charge in [-0.1, -0.05) is 5.21 Å². The summed E-state index contributed by atoms with van der Waals surface area (Å²) in [6, 6.07) is 6.59. The smallest absolute Gasteiger partial charge is 0.253 e. The predicted molar refractivity (Wildman–Crippen MR) is 95.0 cm³/mol. The van der Waals surface area contributed by atoms with E-state index in [1.54, 1.807) is 0 Å². The van der Waals surface area contributed by atoms with Gasteiger partial charge in [0.05, 0.1) is 5.52 Å². The number of nitrogens with zero attached hydrogens (tertiary/aromatic N) is 5. The highest BCUT2D eigenvalue weighted by Crippen LogP contribution is 2.20. The van der Waals surface area contributed by atoms with E-state index in [-0.39, 0.29) is 5.91 Å². The van der Waals surface area contributed by atoms with Crippen molar-refractivity contribution in [2.24, 2.45) is 0 Å². The first-order valence-corrected chi connectivity index (χ1v) is 8.85. The Morgan fingerprint density at radius 3 is 2.67 bits per heavy atom. The maximum atomic E-state index is 12.8. The van der Waals surface area contributed by atoms with Crippen molar-refractivity contribution in [3.8, 4) is 0 Å². The van der Waals surface area contributed by atoms with Crippen molar-refractivity contribution >= 4 is 16.9 Å². The summed E-state index contributed by atoms with van der Waals surface area (Å²) in [4.78, 5) is 17.2. The van der Waals surface area contributed by atoms with Crippen LogP contribution in [0.15, 0.2) is 18.2 Å². The molecule has 0 N–H and O–H groups in total. The number of hydrogen-bond acceptors (Lipinski definition) is 4. The van der Waals surface area contributed by atoms with Crippen molar-refractivity contribution in [2.45, 2.75) is 52.2 Å². The van der Waals surface area contributed by atoms with E-state index in [1.807, 2.05) is 41.8 Å². The number of fused-ring (bicyclic) bond motifs is 1. The molecule has 0 atom stereocenters. The number of benzene rings is 1. The number of rotatable bonds is 4. The molecular weight excluding hydrogens is 302 g/mol. The Bertz CT molecular complexity index is 715. The first-order valence-electron chi connectivity index (χ1n) is 8.85. The third kappa shape index (κ3) is 3.15. The molecule has 0 radical (unpaired) electrons. The fraction of sp³-hybridized carbons (Fsp3) is 0.611. The zero-order chi connectivity index (χ0) is 17.3. The van der Waals surface area contributed by atoms with Gasteiger partial charge in [-0.05, 0) is 51.8 Å². The Labute approximate surface area is 143 Å². The highest BCUT2D eigenvalue weighted by Gasteiger charge is 2.27. The van der Waals surface area contributed by atoms with E-state index in [9.17, 15) is 4.79 Å². The lowest BCUT2D eigenvalue weighted by atomic mass is 10.0. The molecule has 1 aliphatic heterocycles. The van der Waals surface area contributed by atoms with Crippen molar-refractivity contribution < 1.29 is 4.79 Å². The Balaban J connectivity index is 1.72. The zero-order valence-corrected chi connectivity index (χ0v) is 15.1. The lowest BCUT2D eigenvalue weighted by molar-refractivity contribution is 0.0615. The fourth-order valence-electron chi connectivity index (χ4n) is 3.50. The van der Waals surface area contributed by atoms with E-state index in [0.29, 0.717) is 17.6 Å². The normalized spacial score (nSPS) is 16.9. The third-order valence-corrected chi connectivity index (χ3v) is 5.16. The predicted octanol–water partition coefficient (Wildman–Crippen LogP) is 2.40. The van der Waals surface area contributed by atoms with Crippen molar-refractivity contribution in [2.75, 3.05) is 20.1 Å². The minimum atomic E-state index is 0.0749. The van der Waals surface area contributed by atoms with Crippen LogP contribution in [0.4, 0.5) is 0 Å². The molecule has 2 heterocycles. The average Bonchev–Trinajstić information content (AvgIpc) is 3.02. The van der Waals surface area contributed by atoms with Gasteiger partial charge in [-0.2, -0.15) is 0 Å². The summed E-state index contributed by atoms with van der Waals surface area (Å²) < 4.78 is 1.84. The molecule has 1 aliphatic rings. The summed E-state index contributed by atoms with van der Waals surface area (Å²) in [6.45, 7) is 9.39. The lowest BCUT2D eigenvalue weighted by Gasteiger charge is -2.38. The molecule has 1 saturated heterocycles. The summed E-state index contributed by atoms with van der Waals surface area (Å²) in [6.07, 6.45) is 2.07. The summed E-state index contributed by atoms with van der Waals surface area (Å²) in [5, 5.41) is 8.28. The summed E-state index contributed by atoms with van der Waals surface area (Å²) in [5.74, 6) is 0.0749. The van der Waals surface area contributed by atoms with Crippen molar-refractivity contribution in [1.82, 2.24) is 24.8 Å². The van der Waals surface area contributed by atoms with Crippen LogP contribution in [0.3, 0.4) is 0 Å². The van der Waals surface area contributed by atoms with E-state index < -0.39 is 0 Å². The highest BCUT2D eigenvalue weighted by molar-refractivity contribution is 5.97. The Kier molecular flexibility index (Phi) is 4.85. The lowest BCUT2D eigenvalue weighted by Crippen LogP contribution is -2.47. The van der Waals surface area contributed by atoms with Crippen LogP contribution in [0.2, 0.25) is 0 Å². The number of likely N-dealkylation sites (tertiary alicyclic amines) is 1. The van der Waals surface area contributed by atoms with Gasteiger partial charge in [-0.25, -0.2) is 4.68 Å². The van der Waals surface area contributed by atoms with Crippen molar-refractivity contribution in [3.05, 3.63) is 23.8 Å². The second-order valence-electron chi connectivity index (χ2n) is 6.89. The van der Waals surface area contributed by atoms with Gasteiger partial charge in [0.1, 0.15) is 5.52 Å². The van der Waals surface area contributed by atoms with Crippen LogP contribution in [-0.4, -0.2) is 62.9 Å². The summed E-state index contributed by atoms with van der Waals surface area (Å²) in [7, 11) is 1.92. The maximum absolute atomic E-state index is 12.8. The average molecular weight is 329 g/mol. The van der Waals surface area contributed by atoms with Gasteiger partial charge in [0.15, 0.2) is 0 Å². The minimum Gasteiger partial charge on any atom is -0.339 e. The molecule has 3 rings (SSSR count). The molecule has 0 spiro atoms. The second kappa shape index (κ2) is 6.89. The fourth-order valence-corrected chi connectivity index (χ4v) is 3.50. The molecule has 6 nitrogen and oxygen atoms in total. The van der Waals surface area contributed by atoms with Gasteiger partial charge in [-0.15, -0.1) is 5.10 Å². The van der Waals surface area contributed by atoms with Crippen molar-refractivity contribution in [1.29, 1.82) is 0 Å². The Morgan fingerprint density at radius 1 is 1.33 bits per heavy atom. The van der Waals surface area contributed by atoms with E-state index in [1.165, 1.54) is 0 Å². The first kappa shape index (κ1) is 16.9. The Morgan fingerprint density at radius 2 is 2.04 bits per heavy atom. The van der Waals surface area contributed by atoms with Crippen LogP contribution in [-0.2, 0) is 6.54 Å². The van der Waals surface area contributed by atoms with E-state index in [0.717, 1.165) is 43.5 Å². The molecule has 1 aromatic heterocycles. The molecule has 0 bridgehead atoms. The van der Waals surface area contributed by atoms with Crippen LogP contribution in [0.1, 0.15) is 44.0 Å². The van der Waals surface area contributed by atoms with E-state index >= 15 is 0 Å². The van der Waals surface area contributed by atoms with E-state index in [4.69, 9.17) is 0 Å². The van der Waals surface area contributed by atoms with Gasteiger partial charge in [0.2, 0.25) is 0 Å². The van der Waals surface area contributed by atoms with Gasteiger partial charge in [0.25, 0.3) is 5.91 Å². The molecule has 1 aromatic carbocycles. The summed E-state index contributed by atoms with van der Waals surface area (Å²) >= 11 is 0. The Hall–Kier alpha value is -1.95. The number of aromatic nitrogens is 3. The molecule has 0 aliphatic carbocycles. The molecule has 0 unspecified atom stereocenters. The van der Waals surface area contributed by atoms with Crippen molar-refractivity contribution in [3.63, 3.8) is 0 Å². The molecule has 1 fully saturated rings. The second-order valence-corrected chi connectivity index (χ2v) is 6.89. The molecule has 1 amide bonds. The molecule has 130 valence electrons. The van der Waals surface area contributed by atoms with Gasteiger partial charge in [0, 0.05) is 44.3 Å². The topological polar surface area (TPSA) is 54.3 Å². The molecule has 24 heavy (non-hydrogen) atoms. The maximum Gasteiger partial charge on any atom is 0.253 e. The molecule has 0 saturated carbocycles. The molecule has 2 aromatic rings. The molecule has 6 heteroatoms. The van der Waals surface area contributed by atoms with Gasteiger partial charge in [-0.3, -0.25) is 4.79 Å². The third-order valence-electron chi connectivity index (χ3n) is 5.16. The zero-order valence-electron chi connectivity index (χ0n) is 15.1. The highest BCUT2D eigenvalue weighted by atomic mass is 16.2. The van der Waals surface area contributed by atoms with Crippen LogP contribution in [0.5, 0.6) is 0 Å². The number of carbonyl (C=O) groups is 1. The number of piperidine rings is 1. The van der Waals surface area contributed by atoms with Crippen LogP contribution in [0.25, 0.3) is 11.0 Å². The number of carbonyl (C=O) groups excluding carboxylic acids is 1. The monoisotopic (exact) mass is 329 g/mol. The van der Waals surface area contributed by atoms with Gasteiger partial charge < -0.3 is 9.80 Å². The quantitative estimate of drug-likeness (QED) is 0.864. The number of amides is 1. The molecular formula is C18H27N5O.